The summed E-state index contributed by atoms with van der Waals surface area (Å²) in [5.41, 5.74) is 0.858. The van der Waals surface area contributed by atoms with Gasteiger partial charge < -0.3 is 25.0 Å². The molecule has 0 aliphatic carbocycles. The Morgan fingerprint density at radius 1 is 0.649 bits per heavy atom. The van der Waals surface area contributed by atoms with E-state index in [-0.39, 0.29) is 16.5 Å². The first-order chi connectivity index (χ1) is 17.0. The minimum atomic E-state index is 0.152. The summed E-state index contributed by atoms with van der Waals surface area (Å²) in [4.78, 5) is 5.28. The van der Waals surface area contributed by atoms with Crippen molar-refractivity contribution in [2.24, 2.45) is 10.8 Å². The summed E-state index contributed by atoms with van der Waals surface area (Å²) in [6, 6.07) is 0. The van der Waals surface area contributed by atoms with E-state index in [1.54, 1.807) is 0 Å². The van der Waals surface area contributed by atoms with Crippen LogP contribution in [0.3, 0.4) is 0 Å². The average molecular weight is 527 g/mol. The molecular weight excluding hydrogens is 460 g/mol. The van der Waals surface area contributed by atoms with Crippen LogP contribution in [0.4, 0.5) is 0 Å². The molecule has 222 valence electrons. The highest BCUT2D eigenvalue weighted by Crippen LogP contribution is 2.33. The lowest BCUT2D eigenvalue weighted by atomic mass is 9.78. The third kappa shape index (κ3) is 18.6. The van der Waals surface area contributed by atoms with E-state index in [1.807, 2.05) is 0 Å². The quantitative estimate of drug-likeness (QED) is 0.247. The molecule has 2 N–H and O–H groups in total. The summed E-state index contributed by atoms with van der Waals surface area (Å²) in [6.07, 6.45) is 4.85. The Morgan fingerprint density at radius 3 is 1.73 bits per heavy atom. The fraction of sp³-hybridized carbons (Fsp3) is 1.00. The SMILES string of the molecule is CC(C)(CC[C@@H](OCCCOCCNC(C)(C)C)C(C)(C)C)CCN1CCN(CCNC(C)(C)C)CC1. The molecule has 37 heavy (non-hydrogen) atoms. The van der Waals surface area contributed by atoms with Crippen molar-refractivity contribution in [2.75, 3.05) is 72.2 Å². The minimum Gasteiger partial charge on any atom is -0.380 e. The van der Waals surface area contributed by atoms with Crippen LogP contribution < -0.4 is 10.6 Å². The smallest absolute Gasteiger partial charge is 0.0623 e. The highest BCUT2D eigenvalue weighted by atomic mass is 16.5. The topological polar surface area (TPSA) is 49.0 Å². The maximum absolute atomic E-state index is 6.41. The Morgan fingerprint density at radius 2 is 1.19 bits per heavy atom. The van der Waals surface area contributed by atoms with Crippen molar-refractivity contribution in [3.05, 3.63) is 0 Å². The van der Waals surface area contributed by atoms with E-state index in [4.69, 9.17) is 9.47 Å². The average Bonchev–Trinajstić information content (AvgIpc) is 2.74. The molecule has 1 atom stereocenters. The molecule has 0 aromatic rings. The van der Waals surface area contributed by atoms with Crippen molar-refractivity contribution >= 4 is 0 Å². The van der Waals surface area contributed by atoms with Gasteiger partial charge in [-0.15, -0.1) is 0 Å². The van der Waals surface area contributed by atoms with Crippen molar-refractivity contribution in [3.8, 4) is 0 Å². The van der Waals surface area contributed by atoms with Gasteiger partial charge in [0.05, 0.1) is 12.7 Å². The van der Waals surface area contributed by atoms with Crippen LogP contribution in [-0.2, 0) is 9.47 Å². The molecule has 0 aromatic heterocycles. The molecule has 0 spiro atoms. The number of piperazine rings is 1. The molecule has 1 heterocycles. The summed E-state index contributed by atoms with van der Waals surface area (Å²) < 4.78 is 12.2. The highest BCUT2D eigenvalue weighted by molar-refractivity contribution is 4.81. The van der Waals surface area contributed by atoms with Crippen molar-refractivity contribution in [1.82, 2.24) is 20.4 Å². The van der Waals surface area contributed by atoms with Crippen LogP contribution in [0.1, 0.15) is 102 Å². The van der Waals surface area contributed by atoms with E-state index in [1.165, 1.54) is 45.6 Å². The minimum absolute atomic E-state index is 0.152. The zero-order valence-corrected chi connectivity index (χ0v) is 26.9. The molecule has 1 saturated heterocycles. The van der Waals surface area contributed by atoms with Crippen LogP contribution in [0, 0.1) is 10.8 Å². The monoisotopic (exact) mass is 527 g/mol. The molecule has 0 unspecified atom stereocenters. The highest BCUT2D eigenvalue weighted by Gasteiger charge is 2.29. The van der Waals surface area contributed by atoms with E-state index < -0.39 is 0 Å². The maximum Gasteiger partial charge on any atom is 0.0623 e. The van der Waals surface area contributed by atoms with Gasteiger partial charge in [-0.2, -0.15) is 0 Å². The first-order valence-corrected chi connectivity index (χ1v) is 15.1. The van der Waals surface area contributed by atoms with Crippen LogP contribution in [0.5, 0.6) is 0 Å². The second-order valence-corrected chi connectivity index (χ2v) is 15.2. The third-order valence-electron chi connectivity index (χ3n) is 7.36. The summed E-state index contributed by atoms with van der Waals surface area (Å²) in [5.74, 6) is 0. The van der Waals surface area contributed by atoms with Crippen LogP contribution in [-0.4, -0.2) is 99.2 Å². The lowest BCUT2D eigenvalue weighted by molar-refractivity contribution is -0.0369. The predicted molar refractivity (Wildman–Crippen MR) is 161 cm³/mol. The van der Waals surface area contributed by atoms with Crippen LogP contribution in [0.25, 0.3) is 0 Å². The summed E-state index contributed by atoms with van der Waals surface area (Å²) in [5, 5.41) is 7.08. The van der Waals surface area contributed by atoms with Crippen LogP contribution in [0.15, 0.2) is 0 Å². The van der Waals surface area contributed by atoms with Gasteiger partial charge in [0.25, 0.3) is 0 Å². The van der Waals surface area contributed by atoms with Gasteiger partial charge in [-0.05, 0) is 84.6 Å². The number of rotatable bonds is 17. The van der Waals surface area contributed by atoms with E-state index in [9.17, 15) is 0 Å². The molecule has 0 saturated carbocycles. The zero-order valence-electron chi connectivity index (χ0n) is 26.9. The van der Waals surface area contributed by atoms with Gasteiger partial charge in [0, 0.05) is 70.1 Å². The second-order valence-electron chi connectivity index (χ2n) is 15.2. The fourth-order valence-corrected chi connectivity index (χ4v) is 4.69. The first kappa shape index (κ1) is 34.8. The molecular formula is C31H66N4O2. The van der Waals surface area contributed by atoms with Crippen LogP contribution >= 0.6 is 0 Å². The van der Waals surface area contributed by atoms with Crippen molar-refractivity contribution in [1.29, 1.82) is 0 Å². The molecule has 1 rings (SSSR count). The van der Waals surface area contributed by atoms with Gasteiger partial charge in [0.1, 0.15) is 0 Å². The third-order valence-corrected chi connectivity index (χ3v) is 7.36. The first-order valence-electron chi connectivity index (χ1n) is 15.1. The van der Waals surface area contributed by atoms with Gasteiger partial charge in [0.15, 0.2) is 0 Å². The van der Waals surface area contributed by atoms with Gasteiger partial charge in [-0.1, -0.05) is 34.6 Å². The Kier molecular flexibility index (Phi) is 15.2. The molecule has 0 amide bonds. The lowest BCUT2D eigenvalue weighted by Gasteiger charge is -2.38. The molecule has 1 aliphatic heterocycles. The maximum atomic E-state index is 6.41. The molecule has 6 heteroatoms. The number of nitrogens with one attached hydrogen (secondary N) is 2. The number of ether oxygens (including phenoxy) is 2. The molecule has 1 fully saturated rings. The van der Waals surface area contributed by atoms with Crippen molar-refractivity contribution in [3.63, 3.8) is 0 Å². The molecule has 1 aliphatic rings. The van der Waals surface area contributed by atoms with Crippen molar-refractivity contribution < 1.29 is 9.47 Å². The number of hydrogen-bond acceptors (Lipinski definition) is 6. The van der Waals surface area contributed by atoms with Gasteiger partial charge in [0.2, 0.25) is 0 Å². The lowest BCUT2D eigenvalue weighted by Crippen LogP contribution is -2.50. The Hall–Kier alpha value is -0.240. The van der Waals surface area contributed by atoms with Gasteiger partial charge in [-0.25, -0.2) is 0 Å². The molecule has 0 aromatic carbocycles. The zero-order chi connectivity index (χ0) is 28.2. The van der Waals surface area contributed by atoms with E-state index in [2.05, 4.69) is 96.6 Å². The second kappa shape index (κ2) is 16.1. The fourth-order valence-electron chi connectivity index (χ4n) is 4.69. The van der Waals surface area contributed by atoms with Crippen molar-refractivity contribution in [2.45, 2.75) is 119 Å². The van der Waals surface area contributed by atoms with E-state index >= 15 is 0 Å². The molecule has 6 nitrogen and oxygen atoms in total. The van der Waals surface area contributed by atoms with E-state index in [0.29, 0.717) is 11.5 Å². The normalized spacial score (nSPS) is 17.9. The Bertz CT molecular complexity index is 581. The summed E-state index contributed by atoms with van der Waals surface area (Å²) in [6.45, 7) is 36.6. The standard InChI is InChI=1S/C31H66N4O2/c1-28(2,3)27(37-25-12-24-36-26-17-33-30(7,8)9)13-14-31(10,11)15-18-34-20-22-35(23-21-34)19-16-32-29(4,5)6/h27,32-33H,12-26H2,1-11H3/t27-/m1/s1. The van der Waals surface area contributed by atoms with Gasteiger partial charge >= 0.3 is 0 Å². The van der Waals surface area contributed by atoms with Gasteiger partial charge in [-0.3, -0.25) is 4.90 Å². The van der Waals surface area contributed by atoms with Crippen LogP contribution in [0.2, 0.25) is 0 Å². The molecule has 0 bridgehead atoms. The number of hydrogen-bond donors (Lipinski definition) is 2. The number of nitrogens with zero attached hydrogens (tertiary/aromatic N) is 2. The Balaban J connectivity index is 2.26. The predicted octanol–water partition coefficient (Wildman–Crippen LogP) is 5.41. The summed E-state index contributed by atoms with van der Waals surface area (Å²) >= 11 is 0. The van der Waals surface area contributed by atoms with E-state index in [0.717, 1.165) is 52.3 Å². The molecule has 0 radical (unpaired) electrons. The largest absolute Gasteiger partial charge is 0.380 e. The summed E-state index contributed by atoms with van der Waals surface area (Å²) in [7, 11) is 0. The Labute approximate surface area is 232 Å².